The van der Waals surface area contributed by atoms with Gasteiger partial charge in [-0.3, -0.25) is 0 Å². The summed E-state index contributed by atoms with van der Waals surface area (Å²) in [4.78, 5) is 0. The van der Waals surface area contributed by atoms with Gasteiger partial charge in [-0.25, -0.2) is 0 Å². The molecule has 0 aromatic heterocycles. The molecule has 0 radical (unpaired) electrons. The molecule has 0 nitrogen and oxygen atoms in total. The normalized spacial score (nSPS) is 58.7. The van der Waals surface area contributed by atoms with E-state index in [0.29, 0.717) is 0 Å². The highest BCUT2D eigenvalue weighted by atomic mass is 31.1. The maximum atomic E-state index is 2.42. The molecule has 0 amide bonds. The molecule has 0 spiro atoms. The Hall–Kier alpha value is 0.430. The monoisotopic (exact) mass is 358 g/mol. The van der Waals surface area contributed by atoms with Gasteiger partial charge in [0.1, 0.15) is 0 Å². The van der Waals surface area contributed by atoms with E-state index in [1.807, 2.05) is 0 Å². The first kappa shape index (κ1) is 16.4. The van der Waals surface area contributed by atoms with Crippen molar-refractivity contribution in [2.75, 3.05) is 0 Å². The highest BCUT2D eigenvalue weighted by molar-refractivity contribution is 7.42. The van der Waals surface area contributed by atoms with E-state index in [1.54, 1.807) is 77.0 Å². The summed E-state index contributed by atoms with van der Waals surface area (Å²) in [5.74, 6) is 8.06. The van der Waals surface area contributed by atoms with Crippen molar-refractivity contribution in [3.63, 3.8) is 0 Å². The fraction of sp³-hybridized carbons (Fsp3) is 1.00. The Morgan fingerprint density at radius 1 is 0.720 bits per heavy atom. The van der Waals surface area contributed by atoms with E-state index in [-0.39, 0.29) is 0 Å². The summed E-state index contributed by atoms with van der Waals surface area (Å²) in [7, 11) is 1.37. The molecule has 4 atom stereocenters. The van der Waals surface area contributed by atoms with Crippen molar-refractivity contribution < 1.29 is 0 Å². The lowest BCUT2D eigenvalue weighted by molar-refractivity contribution is -0.0262. The Kier molecular flexibility index (Phi) is 3.75. The Labute approximate surface area is 157 Å². The van der Waals surface area contributed by atoms with Crippen molar-refractivity contribution in [2.45, 2.75) is 107 Å². The van der Waals surface area contributed by atoms with Gasteiger partial charge in [0, 0.05) is 0 Å². The lowest BCUT2D eigenvalue weighted by Gasteiger charge is -2.66. The zero-order valence-electron chi connectivity index (χ0n) is 16.4. The van der Waals surface area contributed by atoms with E-state index >= 15 is 0 Å². The average Bonchev–Trinajstić information content (AvgIpc) is 2.51. The molecule has 0 heterocycles. The Morgan fingerprint density at radius 3 is 1.76 bits per heavy atom. The molecular weight excluding hydrogens is 319 g/mol. The van der Waals surface area contributed by atoms with Gasteiger partial charge in [-0.2, -0.15) is 0 Å². The van der Waals surface area contributed by atoms with Crippen LogP contribution in [-0.4, -0.2) is 10.3 Å². The smallest absolute Gasteiger partial charge is 0.00808 e. The topological polar surface area (TPSA) is 0 Å². The van der Waals surface area contributed by atoms with E-state index in [0.717, 1.165) is 51.7 Å². The fourth-order valence-corrected chi connectivity index (χ4v) is 13.6. The Bertz CT molecular complexity index is 487. The summed E-state index contributed by atoms with van der Waals surface area (Å²) in [6, 6.07) is 0. The van der Waals surface area contributed by atoms with Gasteiger partial charge in [-0.05, 0) is 129 Å². The second-order valence-corrected chi connectivity index (χ2v) is 14.1. The molecule has 0 aliphatic heterocycles. The number of hydrogen-bond donors (Lipinski definition) is 0. The summed E-state index contributed by atoms with van der Waals surface area (Å²) in [5, 5.41) is 1.69. The predicted molar refractivity (Wildman–Crippen MR) is 109 cm³/mol. The molecule has 4 unspecified atom stereocenters. The van der Waals surface area contributed by atoms with Crippen molar-refractivity contribution in [3.8, 4) is 0 Å². The number of hydrogen-bond acceptors (Lipinski definition) is 0. The van der Waals surface area contributed by atoms with E-state index in [1.165, 1.54) is 21.4 Å². The summed E-state index contributed by atoms with van der Waals surface area (Å²) in [5.41, 5.74) is 0. The summed E-state index contributed by atoms with van der Waals surface area (Å²) < 4.78 is 0. The molecule has 0 saturated heterocycles. The third-order valence-corrected chi connectivity index (χ3v) is 12.4. The molecule has 25 heavy (non-hydrogen) atoms. The quantitative estimate of drug-likeness (QED) is 0.463. The average molecular weight is 359 g/mol. The van der Waals surface area contributed by atoms with E-state index < -0.39 is 0 Å². The van der Waals surface area contributed by atoms with E-state index in [9.17, 15) is 0 Å². The van der Waals surface area contributed by atoms with Crippen LogP contribution in [0.3, 0.4) is 0 Å². The minimum absolute atomic E-state index is 0.843. The maximum absolute atomic E-state index is 2.42. The van der Waals surface area contributed by atoms with Crippen LogP contribution in [0.4, 0.5) is 0 Å². The highest BCUT2D eigenvalue weighted by Gasteiger charge is 2.60. The van der Waals surface area contributed by atoms with Crippen LogP contribution in [-0.2, 0) is 0 Å². The van der Waals surface area contributed by atoms with Crippen LogP contribution in [0, 0.1) is 41.4 Å². The van der Waals surface area contributed by atoms with Crippen molar-refractivity contribution in [3.05, 3.63) is 0 Å². The van der Waals surface area contributed by atoms with E-state index in [4.69, 9.17) is 0 Å². The Morgan fingerprint density at radius 2 is 1.24 bits per heavy atom. The first-order valence-electron chi connectivity index (χ1n) is 11.9. The van der Waals surface area contributed by atoms with Crippen molar-refractivity contribution in [2.24, 2.45) is 41.4 Å². The SMILES string of the molecule is CCCCC1C2CC3CC(C2)CC1(PC12CC4CC(CC(C4)C1)C2)C3. The van der Waals surface area contributed by atoms with Gasteiger partial charge in [-0.15, -0.1) is 8.58 Å². The second-order valence-electron chi connectivity index (χ2n) is 11.8. The lowest BCUT2D eigenvalue weighted by atomic mass is 9.50. The summed E-state index contributed by atoms with van der Waals surface area (Å²) in [6.07, 6.45) is 22.7. The van der Waals surface area contributed by atoms with Crippen molar-refractivity contribution >= 4 is 8.58 Å². The standard InChI is InChI=1S/C24H39P/c1-2-3-4-22-21-9-19-8-20(10-21)15-24(22,14-19)25-23-11-16-5-17(12-23)7-18(6-16)13-23/h16-22,25H,2-15H2,1H3. The first-order chi connectivity index (χ1) is 12.2. The first-order valence-corrected chi connectivity index (χ1v) is 12.9. The zero-order valence-corrected chi connectivity index (χ0v) is 17.4. The molecule has 8 aliphatic carbocycles. The lowest BCUT2D eigenvalue weighted by Crippen LogP contribution is -2.58. The van der Waals surface area contributed by atoms with Gasteiger partial charge in [0.15, 0.2) is 0 Å². The molecular formula is C24H39P. The van der Waals surface area contributed by atoms with Gasteiger partial charge < -0.3 is 0 Å². The molecule has 0 aromatic carbocycles. The second kappa shape index (κ2) is 5.72. The Balaban J connectivity index is 1.31. The molecule has 8 aliphatic rings. The maximum Gasteiger partial charge on any atom is -0.00808 e. The van der Waals surface area contributed by atoms with Gasteiger partial charge in [-0.1, -0.05) is 19.8 Å². The summed E-state index contributed by atoms with van der Waals surface area (Å²) >= 11 is 0. The van der Waals surface area contributed by atoms with Crippen LogP contribution in [0.25, 0.3) is 0 Å². The predicted octanol–water partition coefficient (Wildman–Crippen LogP) is 7.02. The third-order valence-electron chi connectivity index (χ3n) is 9.94. The van der Waals surface area contributed by atoms with E-state index in [2.05, 4.69) is 6.92 Å². The molecule has 0 N–H and O–H groups in total. The van der Waals surface area contributed by atoms with Crippen LogP contribution in [0.1, 0.15) is 96.8 Å². The fourth-order valence-electron chi connectivity index (χ4n) is 10.1. The minimum atomic E-state index is 0.843. The molecule has 140 valence electrons. The van der Waals surface area contributed by atoms with Crippen LogP contribution in [0.5, 0.6) is 0 Å². The van der Waals surface area contributed by atoms with Crippen LogP contribution in [0.2, 0.25) is 0 Å². The number of unbranched alkanes of at least 4 members (excludes halogenated alkanes) is 1. The largest absolute Gasteiger partial charge is 0.109 e. The third kappa shape index (κ3) is 2.55. The molecule has 1 heteroatoms. The molecule has 8 rings (SSSR count). The highest BCUT2D eigenvalue weighted by Crippen LogP contribution is 2.73. The minimum Gasteiger partial charge on any atom is -0.109 e. The molecule has 8 fully saturated rings. The summed E-state index contributed by atoms with van der Waals surface area (Å²) in [6.45, 7) is 2.42. The van der Waals surface area contributed by atoms with Gasteiger partial charge in [0.05, 0.1) is 0 Å². The van der Waals surface area contributed by atoms with Crippen LogP contribution < -0.4 is 0 Å². The van der Waals surface area contributed by atoms with Gasteiger partial charge in [0.2, 0.25) is 0 Å². The molecule has 8 bridgehead atoms. The molecule has 0 aromatic rings. The van der Waals surface area contributed by atoms with Crippen LogP contribution in [0.15, 0.2) is 0 Å². The molecule has 8 saturated carbocycles. The van der Waals surface area contributed by atoms with Crippen LogP contribution >= 0.6 is 8.58 Å². The number of rotatable bonds is 5. The zero-order chi connectivity index (χ0) is 16.6. The van der Waals surface area contributed by atoms with Gasteiger partial charge in [0.25, 0.3) is 0 Å². The van der Waals surface area contributed by atoms with Crippen molar-refractivity contribution in [1.82, 2.24) is 0 Å². The van der Waals surface area contributed by atoms with Gasteiger partial charge >= 0.3 is 0 Å². The van der Waals surface area contributed by atoms with Crippen molar-refractivity contribution in [1.29, 1.82) is 0 Å².